The molecule has 1 amide bonds. The van der Waals surface area contributed by atoms with Crippen molar-refractivity contribution in [1.29, 1.82) is 0 Å². The molecular formula is C20H22ClN5OS. The standard InChI is InChI=1S/C20H22ClN5OS/c1-4-26-19(14-6-5-7-15(21)12-14)23-24-20(26)28-13-18(27)22-16-8-10-17(11-9-16)25(2)3/h5-12H,4,13H2,1-3H3,(H,22,27). The van der Waals surface area contributed by atoms with Gasteiger partial charge in [-0.3, -0.25) is 4.79 Å². The van der Waals surface area contributed by atoms with Crippen LogP contribution in [0, 0.1) is 0 Å². The first-order valence-electron chi connectivity index (χ1n) is 8.87. The maximum absolute atomic E-state index is 12.3. The molecule has 2 aromatic carbocycles. The summed E-state index contributed by atoms with van der Waals surface area (Å²) in [4.78, 5) is 14.3. The number of aromatic nitrogens is 3. The summed E-state index contributed by atoms with van der Waals surface area (Å²) < 4.78 is 1.98. The molecule has 1 aromatic heterocycles. The van der Waals surface area contributed by atoms with Gasteiger partial charge in [0.2, 0.25) is 5.91 Å². The molecular weight excluding hydrogens is 394 g/mol. The summed E-state index contributed by atoms with van der Waals surface area (Å²) in [6.45, 7) is 2.72. The van der Waals surface area contributed by atoms with Gasteiger partial charge in [0.1, 0.15) is 0 Å². The molecule has 0 aliphatic heterocycles. The number of thioether (sulfide) groups is 1. The minimum absolute atomic E-state index is 0.0856. The number of nitrogens with one attached hydrogen (secondary N) is 1. The second-order valence-corrected chi connectivity index (χ2v) is 7.72. The van der Waals surface area contributed by atoms with Gasteiger partial charge in [-0.05, 0) is 43.3 Å². The van der Waals surface area contributed by atoms with Crippen LogP contribution in [0.3, 0.4) is 0 Å². The number of hydrogen-bond acceptors (Lipinski definition) is 5. The Bertz CT molecular complexity index is 955. The fourth-order valence-electron chi connectivity index (χ4n) is 2.69. The average molecular weight is 416 g/mol. The van der Waals surface area contributed by atoms with Gasteiger partial charge in [0.15, 0.2) is 11.0 Å². The average Bonchev–Trinajstić information content (AvgIpc) is 3.09. The lowest BCUT2D eigenvalue weighted by Crippen LogP contribution is -2.15. The molecule has 0 fully saturated rings. The van der Waals surface area contributed by atoms with Crippen molar-refractivity contribution < 1.29 is 4.79 Å². The van der Waals surface area contributed by atoms with E-state index in [-0.39, 0.29) is 11.7 Å². The van der Waals surface area contributed by atoms with Gasteiger partial charge in [0.05, 0.1) is 5.75 Å². The van der Waals surface area contributed by atoms with Crippen LogP contribution >= 0.6 is 23.4 Å². The zero-order chi connectivity index (χ0) is 20.1. The van der Waals surface area contributed by atoms with Gasteiger partial charge in [-0.1, -0.05) is 35.5 Å². The van der Waals surface area contributed by atoms with E-state index < -0.39 is 0 Å². The molecule has 0 radical (unpaired) electrons. The highest BCUT2D eigenvalue weighted by Crippen LogP contribution is 2.26. The largest absolute Gasteiger partial charge is 0.378 e. The van der Waals surface area contributed by atoms with Gasteiger partial charge in [0.25, 0.3) is 0 Å². The Hall–Kier alpha value is -2.51. The lowest BCUT2D eigenvalue weighted by Gasteiger charge is -2.13. The van der Waals surface area contributed by atoms with E-state index in [0.717, 1.165) is 22.8 Å². The lowest BCUT2D eigenvalue weighted by atomic mass is 10.2. The number of hydrogen-bond donors (Lipinski definition) is 1. The summed E-state index contributed by atoms with van der Waals surface area (Å²) in [7, 11) is 3.96. The normalized spacial score (nSPS) is 10.7. The quantitative estimate of drug-likeness (QED) is 0.579. The second kappa shape index (κ2) is 9.12. The van der Waals surface area contributed by atoms with E-state index >= 15 is 0 Å². The van der Waals surface area contributed by atoms with Crippen LogP contribution in [-0.4, -0.2) is 40.5 Å². The summed E-state index contributed by atoms with van der Waals surface area (Å²) in [6, 6.07) is 15.2. The van der Waals surface area contributed by atoms with Crippen LogP contribution in [0.15, 0.2) is 53.7 Å². The minimum Gasteiger partial charge on any atom is -0.378 e. The molecule has 28 heavy (non-hydrogen) atoms. The fraction of sp³-hybridized carbons (Fsp3) is 0.250. The van der Waals surface area contributed by atoms with Crippen LogP contribution in [0.1, 0.15) is 6.92 Å². The van der Waals surface area contributed by atoms with E-state index in [2.05, 4.69) is 15.5 Å². The van der Waals surface area contributed by atoms with Gasteiger partial charge in [-0.15, -0.1) is 10.2 Å². The first-order chi connectivity index (χ1) is 13.5. The Labute approximate surface area is 173 Å². The Morgan fingerprint density at radius 1 is 1.18 bits per heavy atom. The first-order valence-corrected chi connectivity index (χ1v) is 10.2. The zero-order valence-corrected chi connectivity index (χ0v) is 17.6. The number of nitrogens with zero attached hydrogens (tertiary/aromatic N) is 4. The summed E-state index contributed by atoms with van der Waals surface area (Å²) >= 11 is 7.45. The molecule has 6 nitrogen and oxygen atoms in total. The van der Waals surface area contributed by atoms with E-state index in [1.54, 1.807) is 0 Å². The molecule has 8 heteroatoms. The molecule has 0 spiro atoms. The van der Waals surface area contributed by atoms with E-state index in [9.17, 15) is 4.79 Å². The third-order valence-electron chi connectivity index (χ3n) is 4.12. The molecule has 146 valence electrons. The van der Waals surface area contributed by atoms with E-state index in [1.807, 2.05) is 79.0 Å². The topological polar surface area (TPSA) is 63.1 Å². The van der Waals surface area contributed by atoms with Crippen molar-refractivity contribution in [3.05, 3.63) is 53.6 Å². The molecule has 0 bridgehead atoms. The molecule has 0 aliphatic rings. The predicted octanol–water partition coefficient (Wildman–Crippen LogP) is 4.42. The molecule has 1 N–H and O–H groups in total. The van der Waals surface area contributed by atoms with Crippen LogP contribution in [0.2, 0.25) is 5.02 Å². The number of benzene rings is 2. The summed E-state index contributed by atoms with van der Waals surface area (Å²) in [5.41, 5.74) is 2.75. The van der Waals surface area contributed by atoms with Crippen LogP contribution < -0.4 is 10.2 Å². The monoisotopic (exact) mass is 415 g/mol. The zero-order valence-electron chi connectivity index (χ0n) is 16.0. The smallest absolute Gasteiger partial charge is 0.234 e. The van der Waals surface area contributed by atoms with E-state index in [4.69, 9.17) is 11.6 Å². The van der Waals surface area contributed by atoms with Crippen molar-refractivity contribution in [1.82, 2.24) is 14.8 Å². The maximum Gasteiger partial charge on any atom is 0.234 e. The predicted molar refractivity (Wildman–Crippen MR) is 116 cm³/mol. The highest BCUT2D eigenvalue weighted by Gasteiger charge is 2.15. The number of rotatable bonds is 7. The maximum atomic E-state index is 12.3. The van der Waals surface area contributed by atoms with Crippen LogP contribution in [0.5, 0.6) is 0 Å². The Balaban J connectivity index is 1.65. The van der Waals surface area contributed by atoms with Gasteiger partial charge < -0.3 is 14.8 Å². The van der Waals surface area contributed by atoms with Gasteiger partial charge >= 0.3 is 0 Å². The Morgan fingerprint density at radius 3 is 2.57 bits per heavy atom. The van der Waals surface area contributed by atoms with Crippen molar-refractivity contribution in [2.75, 3.05) is 30.1 Å². The van der Waals surface area contributed by atoms with Crippen LogP contribution in [-0.2, 0) is 11.3 Å². The van der Waals surface area contributed by atoms with Gasteiger partial charge in [0, 0.05) is 42.6 Å². The summed E-state index contributed by atoms with van der Waals surface area (Å²) in [6.07, 6.45) is 0. The van der Waals surface area contributed by atoms with Gasteiger partial charge in [-0.25, -0.2) is 0 Å². The lowest BCUT2D eigenvalue weighted by molar-refractivity contribution is -0.113. The van der Waals surface area contributed by atoms with Gasteiger partial charge in [-0.2, -0.15) is 0 Å². The van der Waals surface area contributed by atoms with Crippen LogP contribution in [0.4, 0.5) is 11.4 Å². The highest BCUT2D eigenvalue weighted by molar-refractivity contribution is 7.99. The third kappa shape index (κ3) is 4.85. The van der Waals surface area contributed by atoms with Crippen molar-refractivity contribution in [3.63, 3.8) is 0 Å². The van der Waals surface area contributed by atoms with E-state index in [1.165, 1.54) is 11.8 Å². The summed E-state index contributed by atoms with van der Waals surface area (Å²) in [5.74, 6) is 0.910. The summed E-state index contributed by atoms with van der Waals surface area (Å²) in [5, 5.41) is 12.8. The molecule has 1 heterocycles. The van der Waals surface area contributed by atoms with Crippen molar-refractivity contribution in [3.8, 4) is 11.4 Å². The number of anilines is 2. The molecule has 0 saturated carbocycles. The third-order valence-corrected chi connectivity index (χ3v) is 5.32. The second-order valence-electron chi connectivity index (χ2n) is 6.34. The van der Waals surface area contributed by atoms with Crippen molar-refractivity contribution >= 4 is 40.6 Å². The molecule has 3 aromatic rings. The van der Waals surface area contributed by atoms with Crippen molar-refractivity contribution in [2.24, 2.45) is 0 Å². The Morgan fingerprint density at radius 2 is 1.93 bits per heavy atom. The van der Waals surface area contributed by atoms with Crippen LogP contribution in [0.25, 0.3) is 11.4 Å². The van der Waals surface area contributed by atoms with E-state index in [0.29, 0.717) is 16.7 Å². The number of amides is 1. The van der Waals surface area contributed by atoms with Crippen molar-refractivity contribution in [2.45, 2.75) is 18.6 Å². The molecule has 3 rings (SSSR count). The fourth-order valence-corrected chi connectivity index (χ4v) is 3.68. The number of carbonyl (C=O) groups is 1. The number of carbonyl (C=O) groups excluding carboxylic acids is 1. The molecule has 0 atom stereocenters. The molecule has 0 saturated heterocycles. The molecule has 0 aliphatic carbocycles. The molecule has 0 unspecified atom stereocenters. The minimum atomic E-state index is -0.0856. The first kappa shape index (κ1) is 20.2. The Kier molecular flexibility index (Phi) is 6.59. The SMILES string of the molecule is CCn1c(SCC(=O)Nc2ccc(N(C)C)cc2)nnc1-c1cccc(Cl)c1. The number of halogens is 1. The highest BCUT2D eigenvalue weighted by atomic mass is 35.5.